The first-order valence-electron chi connectivity index (χ1n) is 5.92. The van der Waals surface area contributed by atoms with E-state index in [9.17, 15) is 4.79 Å². The van der Waals surface area contributed by atoms with Crippen LogP contribution < -0.4 is 0 Å². The lowest BCUT2D eigenvalue weighted by Gasteiger charge is -2.33. The molecule has 14 heavy (non-hydrogen) atoms. The molecular formula is C12H20O2. The molecule has 1 N–H and O–H groups in total. The highest BCUT2D eigenvalue weighted by Gasteiger charge is 2.39. The van der Waals surface area contributed by atoms with Gasteiger partial charge in [-0.25, -0.2) is 0 Å². The van der Waals surface area contributed by atoms with Crippen molar-refractivity contribution in [2.45, 2.75) is 57.8 Å². The second-order valence-electron chi connectivity index (χ2n) is 5.27. The van der Waals surface area contributed by atoms with Gasteiger partial charge in [0.15, 0.2) is 0 Å². The van der Waals surface area contributed by atoms with Crippen LogP contribution >= 0.6 is 0 Å². The SMILES string of the molecule is O=C(O)CC1CCC2(CCCCC2)C1. The summed E-state index contributed by atoms with van der Waals surface area (Å²) in [6.45, 7) is 0. The van der Waals surface area contributed by atoms with E-state index in [1.54, 1.807) is 0 Å². The number of rotatable bonds is 2. The van der Waals surface area contributed by atoms with Crippen molar-refractivity contribution < 1.29 is 9.90 Å². The minimum absolute atomic E-state index is 0.405. The molecule has 2 nitrogen and oxygen atoms in total. The quantitative estimate of drug-likeness (QED) is 0.736. The van der Waals surface area contributed by atoms with Crippen LogP contribution in [0.25, 0.3) is 0 Å². The van der Waals surface area contributed by atoms with Gasteiger partial charge in [-0.2, -0.15) is 0 Å². The van der Waals surface area contributed by atoms with Crippen molar-refractivity contribution in [1.29, 1.82) is 0 Å². The van der Waals surface area contributed by atoms with E-state index < -0.39 is 5.97 Å². The van der Waals surface area contributed by atoms with E-state index in [1.165, 1.54) is 44.9 Å². The molecule has 2 rings (SSSR count). The van der Waals surface area contributed by atoms with Gasteiger partial charge >= 0.3 is 5.97 Å². The standard InChI is InChI=1S/C12H20O2/c13-11(14)8-10-4-7-12(9-10)5-2-1-3-6-12/h10H,1-9H2,(H,13,14). The van der Waals surface area contributed by atoms with Gasteiger partial charge in [-0.15, -0.1) is 0 Å². The van der Waals surface area contributed by atoms with E-state index >= 15 is 0 Å². The molecule has 80 valence electrons. The predicted octanol–water partition coefficient (Wildman–Crippen LogP) is 3.21. The summed E-state index contributed by atoms with van der Waals surface area (Å²) in [6.07, 6.45) is 10.9. The van der Waals surface area contributed by atoms with Gasteiger partial charge in [0, 0.05) is 6.42 Å². The van der Waals surface area contributed by atoms with Crippen LogP contribution in [-0.4, -0.2) is 11.1 Å². The maximum absolute atomic E-state index is 10.6. The number of hydrogen-bond donors (Lipinski definition) is 1. The Morgan fingerprint density at radius 1 is 1.21 bits per heavy atom. The lowest BCUT2D eigenvalue weighted by atomic mass is 9.72. The fourth-order valence-electron chi connectivity index (χ4n) is 3.50. The summed E-state index contributed by atoms with van der Waals surface area (Å²) < 4.78 is 0. The second-order valence-corrected chi connectivity index (χ2v) is 5.27. The first-order chi connectivity index (χ1) is 6.70. The molecule has 0 bridgehead atoms. The first-order valence-corrected chi connectivity index (χ1v) is 5.92. The molecule has 1 spiro atoms. The summed E-state index contributed by atoms with van der Waals surface area (Å²) in [4.78, 5) is 10.6. The van der Waals surface area contributed by atoms with Crippen molar-refractivity contribution in [3.63, 3.8) is 0 Å². The van der Waals surface area contributed by atoms with Gasteiger partial charge in [-0.05, 0) is 43.4 Å². The van der Waals surface area contributed by atoms with Crippen molar-refractivity contribution in [1.82, 2.24) is 0 Å². The average molecular weight is 196 g/mol. The minimum Gasteiger partial charge on any atom is -0.481 e. The van der Waals surface area contributed by atoms with E-state index in [2.05, 4.69) is 0 Å². The molecule has 0 saturated heterocycles. The van der Waals surface area contributed by atoms with E-state index in [0.29, 0.717) is 17.8 Å². The van der Waals surface area contributed by atoms with Gasteiger partial charge in [0.25, 0.3) is 0 Å². The molecule has 1 atom stereocenters. The summed E-state index contributed by atoms with van der Waals surface area (Å²) in [7, 11) is 0. The Bertz CT molecular complexity index is 216. The Balaban J connectivity index is 1.89. The summed E-state index contributed by atoms with van der Waals surface area (Å²) in [6, 6.07) is 0. The molecule has 2 saturated carbocycles. The molecule has 0 aromatic carbocycles. The number of hydrogen-bond acceptors (Lipinski definition) is 1. The molecule has 2 fully saturated rings. The zero-order chi connectivity index (χ0) is 10.0. The summed E-state index contributed by atoms with van der Waals surface area (Å²) in [5.41, 5.74) is 0.568. The number of aliphatic carboxylic acids is 1. The zero-order valence-electron chi connectivity index (χ0n) is 8.80. The fraction of sp³-hybridized carbons (Fsp3) is 0.917. The third kappa shape index (κ3) is 2.10. The predicted molar refractivity (Wildman–Crippen MR) is 55.1 cm³/mol. The average Bonchev–Trinajstić information content (AvgIpc) is 2.49. The molecule has 0 aromatic heterocycles. The lowest BCUT2D eigenvalue weighted by Crippen LogP contribution is -2.20. The van der Waals surface area contributed by atoms with Crippen molar-refractivity contribution in [2.75, 3.05) is 0 Å². The lowest BCUT2D eigenvalue weighted by molar-refractivity contribution is -0.138. The third-order valence-electron chi connectivity index (χ3n) is 4.18. The largest absolute Gasteiger partial charge is 0.481 e. The van der Waals surface area contributed by atoms with Crippen LogP contribution in [0.5, 0.6) is 0 Å². The Morgan fingerprint density at radius 3 is 2.57 bits per heavy atom. The van der Waals surface area contributed by atoms with Crippen molar-refractivity contribution in [3.05, 3.63) is 0 Å². The van der Waals surface area contributed by atoms with Gasteiger partial charge in [-0.3, -0.25) is 4.79 Å². The zero-order valence-corrected chi connectivity index (χ0v) is 8.80. The van der Waals surface area contributed by atoms with Crippen molar-refractivity contribution in [2.24, 2.45) is 11.3 Å². The Morgan fingerprint density at radius 2 is 1.93 bits per heavy atom. The fourth-order valence-corrected chi connectivity index (χ4v) is 3.50. The maximum Gasteiger partial charge on any atom is 0.303 e. The van der Waals surface area contributed by atoms with Crippen LogP contribution in [0.3, 0.4) is 0 Å². The van der Waals surface area contributed by atoms with E-state index in [-0.39, 0.29) is 0 Å². The van der Waals surface area contributed by atoms with Gasteiger partial charge in [0.1, 0.15) is 0 Å². The Hall–Kier alpha value is -0.530. The van der Waals surface area contributed by atoms with Gasteiger partial charge in [0.2, 0.25) is 0 Å². The Labute approximate surface area is 85.7 Å². The molecule has 0 aromatic rings. The highest BCUT2D eigenvalue weighted by Crippen LogP contribution is 2.51. The molecule has 2 aliphatic carbocycles. The smallest absolute Gasteiger partial charge is 0.303 e. The summed E-state index contributed by atoms with van der Waals surface area (Å²) >= 11 is 0. The van der Waals surface area contributed by atoms with Crippen LogP contribution in [0.2, 0.25) is 0 Å². The maximum atomic E-state index is 10.6. The number of carbonyl (C=O) groups is 1. The van der Waals surface area contributed by atoms with E-state index in [1.807, 2.05) is 0 Å². The molecule has 0 amide bonds. The molecular weight excluding hydrogens is 176 g/mol. The number of carboxylic acids is 1. The van der Waals surface area contributed by atoms with Crippen molar-refractivity contribution in [3.8, 4) is 0 Å². The minimum atomic E-state index is -0.608. The van der Waals surface area contributed by atoms with Crippen LogP contribution in [0.4, 0.5) is 0 Å². The Kier molecular flexibility index (Phi) is 2.80. The molecule has 2 heteroatoms. The second kappa shape index (κ2) is 3.92. The first kappa shape index (κ1) is 10.0. The highest BCUT2D eigenvalue weighted by atomic mass is 16.4. The topological polar surface area (TPSA) is 37.3 Å². The van der Waals surface area contributed by atoms with Crippen LogP contribution in [0.15, 0.2) is 0 Å². The van der Waals surface area contributed by atoms with Crippen molar-refractivity contribution >= 4 is 5.97 Å². The summed E-state index contributed by atoms with van der Waals surface area (Å²) in [5, 5.41) is 8.76. The van der Waals surface area contributed by atoms with Gasteiger partial charge in [0.05, 0.1) is 0 Å². The molecule has 0 aliphatic heterocycles. The van der Waals surface area contributed by atoms with Crippen LogP contribution in [0, 0.1) is 11.3 Å². The molecule has 0 heterocycles. The van der Waals surface area contributed by atoms with Crippen LogP contribution in [0.1, 0.15) is 57.8 Å². The van der Waals surface area contributed by atoms with E-state index in [0.717, 1.165) is 6.42 Å². The van der Waals surface area contributed by atoms with Gasteiger partial charge < -0.3 is 5.11 Å². The normalized spacial score (nSPS) is 30.7. The van der Waals surface area contributed by atoms with Gasteiger partial charge in [-0.1, -0.05) is 19.3 Å². The molecule has 0 radical (unpaired) electrons. The van der Waals surface area contributed by atoms with E-state index in [4.69, 9.17) is 5.11 Å². The summed E-state index contributed by atoms with van der Waals surface area (Å²) in [5.74, 6) is -0.131. The van der Waals surface area contributed by atoms with Crippen LogP contribution in [-0.2, 0) is 4.79 Å². The molecule has 1 unspecified atom stereocenters. The molecule has 2 aliphatic rings. The third-order valence-corrected chi connectivity index (χ3v) is 4.18. The highest BCUT2D eigenvalue weighted by molar-refractivity contribution is 5.67. The monoisotopic (exact) mass is 196 g/mol. The number of carboxylic acid groups (broad SMARTS) is 1.